The number of aryl methyl sites for hydroxylation is 1. The van der Waals surface area contributed by atoms with Crippen molar-refractivity contribution >= 4 is 39.2 Å². The maximum atomic E-state index is 15.2. The molecule has 9 nitrogen and oxygen atoms in total. The lowest BCUT2D eigenvalue weighted by molar-refractivity contribution is 0.0716. The summed E-state index contributed by atoms with van der Waals surface area (Å²) < 4.78 is 18.6. The van der Waals surface area contributed by atoms with Gasteiger partial charge in [0.2, 0.25) is 0 Å². The van der Waals surface area contributed by atoms with Gasteiger partial charge in [0.1, 0.15) is 23.4 Å². The minimum Gasteiger partial charge on any atom is -0.383 e. The second kappa shape index (κ2) is 8.36. The highest BCUT2D eigenvalue weighted by Crippen LogP contribution is 2.30. The molecule has 4 aromatic heterocycles. The lowest BCUT2D eigenvalue weighted by Crippen LogP contribution is -2.34. The third kappa shape index (κ3) is 3.91. The second-order valence-corrected chi connectivity index (χ2v) is 8.98. The predicted molar refractivity (Wildman–Crippen MR) is 130 cm³/mol. The van der Waals surface area contributed by atoms with E-state index in [1.807, 2.05) is 13.8 Å². The van der Waals surface area contributed by atoms with Gasteiger partial charge in [-0.05, 0) is 24.1 Å². The molecule has 35 heavy (non-hydrogen) atoms. The van der Waals surface area contributed by atoms with Crippen molar-refractivity contribution in [3.05, 3.63) is 65.5 Å². The molecular weight excluding hydrogens is 447 g/mol. The monoisotopic (exact) mass is 470 g/mol. The van der Waals surface area contributed by atoms with Crippen molar-refractivity contribution in [2.24, 2.45) is 13.0 Å². The van der Waals surface area contributed by atoms with Crippen molar-refractivity contribution in [3.63, 3.8) is 0 Å². The highest BCUT2D eigenvalue weighted by molar-refractivity contribution is 6.10. The molecule has 4 heterocycles. The highest BCUT2D eigenvalue weighted by atomic mass is 19.1. The lowest BCUT2D eigenvalue weighted by atomic mass is 10.1. The van der Waals surface area contributed by atoms with E-state index in [1.54, 1.807) is 51.8 Å². The molecule has 0 aliphatic carbocycles. The van der Waals surface area contributed by atoms with Crippen molar-refractivity contribution in [1.82, 2.24) is 29.0 Å². The van der Waals surface area contributed by atoms with Gasteiger partial charge in [0.25, 0.3) is 5.91 Å². The lowest BCUT2D eigenvalue weighted by Gasteiger charge is -2.24. The molecular formula is C25H23FN8O. The maximum Gasteiger partial charge on any atom is 0.257 e. The van der Waals surface area contributed by atoms with Crippen LogP contribution in [0.15, 0.2) is 42.9 Å². The van der Waals surface area contributed by atoms with Gasteiger partial charge in [0.15, 0.2) is 0 Å². The van der Waals surface area contributed by atoms with Crippen LogP contribution in [-0.2, 0) is 13.6 Å². The topological polar surface area (TPSA) is 118 Å². The molecule has 1 aromatic carbocycles. The molecule has 0 aliphatic heterocycles. The molecule has 176 valence electrons. The van der Waals surface area contributed by atoms with Crippen molar-refractivity contribution in [3.8, 4) is 6.07 Å². The molecule has 5 aromatic rings. The summed E-state index contributed by atoms with van der Waals surface area (Å²) in [5.74, 6) is -0.708. The maximum absolute atomic E-state index is 15.2. The molecule has 0 saturated heterocycles. The number of carbonyl (C=O) groups excluding carboxylic acids is 1. The van der Waals surface area contributed by atoms with Crippen molar-refractivity contribution in [1.29, 1.82) is 5.26 Å². The Bertz CT molecular complexity index is 1660. The molecule has 0 saturated carbocycles. The number of hydrogen-bond donors (Lipinski definition) is 1. The molecule has 0 unspecified atom stereocenters. The van der Waals surface area contributed by atoms with Crippen LogP contribution in [0.2, 0.25) is 0 Å². The minimum absolute atomic E-state index is 0.0530. The van der Waals surface area contributed by atoms with Crippen LogP contribution in [0.3, 0.4) is 0 Å². The summed E-state index contributed by atoms with van der Waals surface area (Å²) in [6.45, 7) is 4.59. The van der Waals surface area contributed by atoms with Crippen LogP contribution in [0.1, 0.15) is 35.5 Å². The van der Waals surface area contributed by atoms with Gasteiger partial charge in [-0.25, -0.2) is 14.4 Å². The van der Waals surface area contributed by atoms with Gasteiger partial charge in [0, 0.05) is 37.4 Å². The standard InChI is InChI=1S/C25H23FN8O/c1-14(2)10-34(13-16-12-33-11-15(8-27)4-5-22(33)30-16)25(35)17-6-18-21(7-20(17)26)31-24(28)19-9-29-32(3)23(18)19/h4-7,9,11-12,14H,10,13H2,1-3H3,(H2,28,31). The number of pyridine rings is 2. The van der Waals surface area contributed by atoms with Crippen LogP contribution < -0.4 is 5.73 Å². The fraction of sp³-hybridized carbons (Fsp3) is 0.240. The number of rotatable bonds is 5. The number of fused-ring (bicyclic) bond motifs is 4. The first-order chi connectivity index (χ1) is 16.7. The van der Waals surface area contributed by atoms with E-state index in [0.717, 1.165) is 0 Å². The average Bonchev–Trinajstić information content (AvgIpc) is 3.40. The number of nitrogens with zero attached hydrogens (tertiary/aromatic N) is 7. The molecule has 0 bridgehead atoms. The number of nitrogens with two attached hydrogens (primary N) is 1. The van der Waals surface area contributed by atoms with E-state index in [1.165, 1.54) is 12.1 Å². The van der Waals surface area contributed by atoms with Gasteiger partial charge in [0.05, 0.1) is 46.0 Å². The Morgan fingerprint density at radius 1 is 1.23 bits per heavy atom. The fourth-order valence-electron chi connectivity index (χ4n) is 4.36. The van der Waals surface area contributed by atoms with Gasteiger partial charge in [-0.2, -0.15) is 10.4 Å². The summed E-state index contributed by atoms with van der Waals surface area (Å²) in [5.41, 5.74) is 8.83. The van der Waals surface area contributed by atoms with E-state index < -0.39 is 11.7 Å². The molecule has 0 radical (unpaired) electrons. The van der Waals surface area contributed by atoms with Crippen LogP contribution in [0.25, 0.3) is 27.5 Å². The largest absolute Gasteiger partial charge is 0.383 e. The van der Waals surface area contributed by atoms with Crippen LogP contribution in [0, 0.1) is 23.1 Å². The molecule has 2 N–H and O–H groups in total. The zero-order valence-corrected chi connectivity index (χ0v) is 19.5. The van der Waals surface area contributed by atoms with E-state index in [-0.39, 0.29) is 23.8 Å². The number of anilines is 1. The first kappa shape index (κ1) is 22.3. The molecule has 1 amide bonds. The Morgan fingerprint density at radius 2 is 2.03 bits per heavy atom. The van der Waals surface area contributed by atoms with Crippen LogP contribution in [0.5, 0.6) is 0 Å². The third-order valence-electron chi connectivity index (χ3n) is 5.88. The fourth-order valence-corrected chi connectivity index (χ4v) is 4.36. The summed E-state index contributed by atoms with van der Waals surface area (Å²) in [4.78, 5) is 24.1. The number of aromatic nitrogens is 5. The first-order valence-electron chi connectivity index (χ1n) is 11.1. The number of hydrogen-bond acceptors (Lipinski definition) is 6. The molecule has 5 rings (SSSR count). The van der Waals surface area contributed by atoms with E-state index in [0.29, 0.717) is 45.3 Å². The number of imidazole rings is 1. The van der Waals surface area contributed by atoms with Gasteiger partial charge < -0.3 is 15.0 Å². The highest BCUT2D eigenvalue weighted by Gasteiger charge is 2.24. The van der Waals surface area contributed by atoms with Crippen LogP contribution >= 0.6 is 0 Å². The molecule has 0 atom stereocenters. The number of halogens is 1. The van der Waals surface area contributed by atoms with Crippen molar-refractivity contribution < 1.29 is 9.18 Å². The second-order valence-electron chi connectivity index (χ2n) is 8.98. The normalized spacial score (nSPS) is 11.5. The first-order valence-corrected chi connectivity index (χ1v) is 11.1. The van der Waals surface area contributed by atoms with E-state index in [2.05, 4.69) is 21.1 Å². The quantitative estimate of drug-likeness (QED) is 0.419. The minimum atomic E-state index is -0.668. The van der Waals surface area contributed by atoms with Crippen molar-refractivity contribution in [2.45, 2.75) is 20.4 Å². The predicted octanol–water partition coefficient (Wildman–Crippen LogP) is 3.66. The zero-order valence-electron chi connectivity index (χ0n) is 19.5. The smallest absolute Gasteiger partial charge is 0.257 e. The zero-order chi connectivity index (χ0) is 24.9. The van der Waals surface area contributed by atoms with E-state index >= 15 is 4.39 Å². The van der Waals surface area contributed by atoms with Gasteiger partial charge >= 0.3 is 0 Å². The number of amides is 1. The number of nitrogen functional groups attached to an aromatic ring is 1. The number of benzene rings is 1. The summed E-state index contributed by atoms with van der Waals surface area (Å²) >= 11 is 0. The van der Waals surface area contributed by atoms with E-state index in [4.69, 9.17) is 11.0 Å². The third-order valence-corrected chi connectivity index (χ3v) is 5.88. The van der Waals surface area contributed by atoms with Gasteiger partial charge in [-0.1, -0.05) is 13.8 Å². The molecule has 0 fully saturated rings. The molecule has 10 heteroatoms. The Hall–Kier alpha value is -4.52. The SMILES string of the molecule is CC(C)CN(Cc1cn2cc(C#N)ccc2n1)C(=O)c1cc2c(cc1F)nc(N)c1cnn(C)c12. The summed E-state index contributed by atoms with van der Waals surface area (Å²) in [6, 6.07) is 8.31. The summed E-state index contributed by atoms with van der Waals surface area (Å²) in [6.07, 6.45) is 5.06. The average molecular weight is 471 g/mol. The van der Waals surface area contributed by atoms with Crippen LogP contribution in [0.4, 0.5) is 10.2 Å². The van der Waals surface area contributed by atoms with Crippen molar-refractivity contribution in [2.75, 3.05) is 12.3 Å². The van der Waals surface area contributed by atoms with Crippen LogP contribution in [-0.4, -0.2) is 41.5 Å². The van der Waals surface area contributed by atoms with E-state index in [9.17, 15) is 4.79 Å². The number of carbonyl (C=O) groups is 1. The molecule has 0 spiro atoms. The summed E-state index contributed by atoms with van der Waals surface area (Å²) in [5, 5.41) is 14.6. The molecule has 0 aliphatic rings. The van der Waals surface area contributed by atoms with Gasteiger partial charge in [-0.15, -0.1) is 0 Å². The Morgan fingerprint density at radius 3 is 2.77 bits per heavy atom. The summed E-state index contributed by atoms with van der Waals surface area (Å²) in [7, 11) is 1.76. The van der Waals surface area contributed by atoms with Gasteiger partial charge in [-0.3, -0.25) is 9.48 Å². The Kier molecular flexibility index (Phi) is 5.32. The number of nitriles is 1. The Balaban J connectivity index is 1.57. The Labute approximate surface area is 200 Å².